The van der Waals surface area contributed by atoms with Gasteiger partial charge in [0, 0.05) is 24.7 Å². The Balaban J connectivity index is 0.00000364. The first kappa shape index (κ1) is 26.9. The van der Waals surface area contributed by atoms with Gasteiger partial charge in [-0.25, -0.2) is 4.39 Å². The third-order valence-electron chi connectivity index (χ3n) is 4.09. The predicted molar refractivity (Wildman–Crippen MR) is 118 cm³/mol. The largest absolute Gasteiger partial charge is 0.492 e. The Kier molecular flexibility index (Phi) is 13.5. The van der Waals surface area contributed by atoms with E-state index in [1.54, 1.807) is 12.1 Å². The van der Waals surface area contributed by atoms with Gasteiger partial charge in [-0.2, -0.15) is 0 Å². The van der Waals surface area contributed by atoms with E-state index >= 15 is 0 Å². The Bertz CT molecular complexity index is 690. The highest BCUT2D eigenvalue weighted by Crippen LogP contribution is 2.23. The smallest absolute Gasteiger partial charge is 0.147 e. The first-order valence-corrected chi connectivity index (χ1v) is 9.10. The molecule has 2 atom stereocenters. The highest BCUT2D eigenvalue weighted by atomic mass is 35.5. The van der Waals surface area contributed by atoms with Crippen LogP contribution in [0.15, 0.2) is 42.5 Å². The van der Waals surface area contributed by atoms with Gasteiger partial charge in [0.05, 0.1) is 11.1 Å². The summed E-state index contributed by atoms with van der Waals surface area (Å²) in [5.41, 5.74) is 1.37. The molecule has 2 aromatic rings. The SMILES string of the molecule is CNCCOc1ccc(CC(C)NCC(O)c2cccc(Cl)c2F)cc1.Cl.Cl. The third kappa shape index (κ3) is 8.52. The number of nitrogens with one attached hydrogen (secondary N) is 2. The van der Waals surface area contributed by atoms with Crippen molar-refractivity contribution in [1.29, 1.82) is 0 Å². The van der Waals surface area contributed by atoms with Crippen LogP contribution in [0.2, 0.25) is 5.02 Å². The van der Waals surface area contributed by atoms with Gasteiger partial charge in [0.2, 0.25) is 0 Å². The fraction of sp³-hybridized carbons (Fsp3) is 0.400. The molecule has 0 bridgehead atoms. The zero-order valence-electron chi connectivity index (χ0n) is 16.0. The minimum atomic E-state index is -0.945. The van der Waals surface area contributed by atoms with E-state index in [0.717, 1.165) is 24.3 Å². The van der Waals surface area contributed by atoms with E-state index in [2.05, 4.69) is 10.6 Å². The molecule has 0 aliphatic carbocycles. The Morgan fingerprint density at radius 3 is 2.46 bits per heavy atom. The van der Waals surface area contributed by atoms with Crippen molar-refractivity contribution in [3.63, 3.8) is 0 Å². The van der Waals surface area contributed by atoms with Crippen molar-refractivity contribution < 1.29 is 14.2 Å². The molecule has 158 valence electrons. The molecule has 0 fully saturated rings. The Morgan fingerprint density at radius 1 is 1.14 bits per heavy atom. The molecule has 0 aliphatic rings. The van der Waals surface area contributed by atoms with Crippen LogP contribution < -0.4 is 15.4 Å². The van der Waals surface area contributed by atoms with E-state index in [-0.39, 0.29) is 48.0 Å². The lowest BCUT2D eigenvalue weighted by atomic mass is 10.1. The van der Waals surface area contributed by atoms with E-state index < -0.39 is 11.9 Å². The molecular weight excluding hydrogens is 426 g/mol. The van der Waals surface area contributed by atoms with Gasteiger partial charge in [-0.1, -0.05) is 35.9 Å². The van der Waals surface area contributed by atoms with Crippen LogP contribution in [-0.4, -0.2) is 37.9 Å². The van der Waals surface area contributed by atoms with E-state index in [4.69, 9.17) is 16.3 Å². The number of halogens is 4. The fourth-order valence-corrected chi connectivity index (χ4v) is 2.80. The predicted octanol–water partition coefficient (Wildman–Crippen LogP) is 4.18. The molecule has 0 saturated carbocycles. The Hall–Kier alpha value is -1.08. The molecule has 0 amide bonds. The molecule has 0 radical (unpaired) electrons. The quantitative estimate of drug-likeness (QED) is 0.473. The van der Waals surface area contributed by atoms with Crippen molar-refractivity contribution in [2.45, 2.75) is 25.5 Å². The summed E-state index contributed by atoms with van der Waals surface area (Å²) in [6.07, 6.45) is -0.152. The van der Waals surface area contributed by atoms with Gasteiger partial charge in [-0.05, 0) is 44.2 Å². The first-order chi connectivity index (χ1) is 12.5. The average molecular weight is 454 g/mol. The van der Waals surface area contributed by atoms with Gasteiger partial charge in [-0.15, -0.1) is 24.8 Å². The highest BCUT2D eigenvalue weighted by molar-refractivity contribution is 6.30. The van der Waals surface area contributed by atoms with Crippen LogP contribution in [0.4, 0.5) is 4.39 Å². The minimum absolute atomic E-state index is 0. The molecule has 0 aromatic heterocycles. The van der Waals surface area contributed by atoms with Crippen LogP contribution in [0.3, 0.4) is 0 Å². The number of benzene rings is 2. The summed E-state index contributed by atoms with van der Waals surface area (Å²) in [6, 6.07) is 12.7. The average Bonchev–Trinajstić information content (AvgIpc) is 2.63. The van der Waals surface area contributed by atoms with E-state index in [1.807, 2.05) is 38.2 Å². The lowest BCUT2D eigenvalue weighted by Crippen LogP contribution is -2.32. The van der Waals surface area contributed by atoms with Crippen molar-refractivity contribution in [3.8, 4) is 5.75 Å². The maximum absolute atomic E-state index is 13.9. The lowest BCUT2D eigenvalue weighted by Gasteiger charge is -2.18. The summed E-state index contributed by atoms with van der Waals surface area (Å²) >= 11 is 5.76. The molecule has 2 aromatic carbocycles. The molecule has 3 N–H and O–H groups in total. The molecule has 0 spiro atoms. The minimum Gasteiger partial charge on any atom is -0.492 e. The van der Waals surface area contributed by atoms with Crippen LogP contribution in [0.25, 0.3) is 0 Å². The molecule has 0 heterocycles. The summed E-state index contributed by atoms with van der Waals surface area (Å²) in [7, 11) is 1.89. The van der Waals surface area contributed by atoms with Gasteiger partial charge in [0.25, 0.3) is 0 Å². The maximum Gasteiger partial charge on any atom is 0.147 e. The molecule has 2 rings (SSSR count). The summed E-state index contributed by atoms with van der Waals surface area (Å²) in [5, 5.41) is 16.5. The molecule has 8 heteroatoms. The van der Waals surface area contributed by atoms with Gasteiger partial charge in [-0.3, -0.25) is 0 Å². The second-order valence-corrected chi connectivity index (χ2v) is 6.68. The summed E-state index contributed by atoms with van der Waals surface area (Å²) in [5.74, 6) is 0.279. The molecule has 28 heavy (non-hydrogen) atoms. The molecule has 0 saturated heterocycles. The van der Waals surface area contributed by atoms with Crippen LogP contribution in [0.5, 0.6) is 5.75 Å². The van der Waals surface area contributed by atoms with E-state index in [9.17, 15) is 9.50 Å². The summed E-state index contributed by atoms with van der Waals surface area (Å²) in [6.45, 7) is 3.71. The van der Waals surface area contributed by atoms with Gasteiger partial charge in [0.1, 0.15) is 18.2 Å². The van der Waals surface area contributed by atoms with Crippen LogP contribution in [0, 0.1) is 5.82 Å². The normalized spacial score (nSPS) is 12.5. The number of aliphatic hydroxyl groups excluding tert-OH is 1. The Labute approximate surface area is 183 Å². The summed E-state index contributed by atoms with van der Waals surface area (Å²) < 4.78 is 19.5. The highest BCUT2D eigenvalue weighted by Gasteiger charge is 2.15. The topological polar surface area (TPSA) is 53.5 Å². The fourth-order valence-electron chi connectivity index (χ4n) is 2.62. The number of hydrogen-bond donors (Lipinski definition) is 3. The van der Waals surface area contributed by atoms with Crippen molar-refractivity contribution in [2.75, 3.05) is 26.7 Å². The zero-order chi connectivity index (χ0) is 18.9. The number of rotatable bonds is 10. The van der Waals surface area contributed by atoms with Crippen LogP contribution in [0.1, 0.15) is 24.2 Å². The molecule has 4 nitrogen and oxygen atoms in total. The number of ether oxygens (including phenoxy) is 1. The standard InChI is InChI=1S/C20H26ClFN2O2.2ClH/c1-14(12-15-6-8-16(9-7-15)26-11-10-23-2)24-13-19(25)17-4-3-5-18(21)20(17)22;;/h3-9,14,19,23-25H,10-13H2,1-2H3;2*1H. The van der Waals surface area contributed by atoms with Crippen molar-refractivity contribution in [1.82, 2.24) is 10.6 Å². The second kappa shape index (κ2) is 14.0. The van der Waals surface area contributed by atoms with E-state index in [0.29, 0.717) is 6.61 Å². The molecule has 0 aliphatic heterocycles. The van der Waals surface area contributed by atoms with Gasteiger partial charge in [0.15, 0.2) is 0 Å². The molecule has 2 unspecified atom stereocenters. The number of likely N-dealkylation sites (N-methyl/N-ethyl adjacent to an activating group) is 1. The number of hydrogen-bond acceptors (Lipinski definition) is 4. The van der Waals surface area contributed by atoms with Crippen LogP contribution >= 0.6 is 36.4 Å². The maximum atomic E-state index is 13.9. The van der Waals surface area contributed by atoms with E-state index in [1.165, 1.54) is 6.07 Å². The van der Waals surface area contributed by atoms with Crippen molar-refractivity contribution in [2.24, 2.45) is 0 Å². The lowest BCUT2D eigenvalue weighted by molar-refractivity contribution is 0.166. The first-order valence-electron chi connectivity index (χ1n) is 8.73. The van der Waals surface area contributed by atoms with Gasteiger partial charge < -0.3 is 20.5 Å². The van der Waals surface area contributed by atoms with Crippen LogP contribution in [-0.2, 0) is 6.42 Å². The summed E-state index contributed by atoms with van der Waals surface area (Å²) in [4.78, 5) is 0. The van der Waals surface area contributed by atoms with Crippen molar-refractivity contribution >= 4 is 36.4 Å². The molecular formula is C20H28Cl3FN2O2. The number of aliphatic hydroxyl groups is 1. The monoisotopic (exact) mass is 452 g/mol. The zero-order valence-corrected chi connectivity index (χ0v) is 18.3. The third-order valence-corrected chi connectivity index (χ3v) is 4.38. The van der Waals surface area contributed by atoms with Gasteiger partial charge >= 0.3 is 0 Å². The second-order valence-electron chi connectivity index (χ2n) is 6.27. The Morgan fingerprint density at radius 2 is 1.82 bits per heavy atom. The van der Waals surface area contributed by atoms with Crippen molar-refractivity contribution in [3.05, 3.63) is 64.4 Å².